The van der Waals surface area contributed by atoms with Crippen LogP contribution in [0.2, 0.25) is 0 Å². The van der Waals surface area contributed by atoms with Crippen LogP contribution in [0.15, 0.2) is 54.6 Å². The molecule has 0 spiro atoms. The van der Waals surface area contributed by atoms with Gasteiger partial charge in [-0.25, -0.2) is 4.79 Å². The van der Waals surface area contributed by atoms with Crippen molar-refractivity contribution in [2.45, 2.75) is 45.3 Å². The lowest BCUT2D eigenvalue weighted by Gasteiger charge is -2.29. The number of ether oxygens (including phenoxy) is 2. The van der Waals surface area contributed by atoms with Gasteiger partial charge in [-0.1, -0.05) is 43.7 Å². The van der Waals surface area contributed by atoms with Crippen LogP contribution in [-0.4, -0.2) is 61.6 Å². The van der Waals surface area contributed by atoms with Gasteiger partial charge in [-0.15, -0.1) is 5.06 Å². The van der Waals surface area contributed by atoms with Crippen molar-refractivity contribution in [3.8, 4) is 11.5 Å². The normalized spacial score (nSPS) is 12.0. The molecule has 0 aliphatic heterocycles. The first-order valence-corrected chi connectivity index (χ1v) is 11.3. The molecule has 0 bridgehead atoms. The number of alkyl carbamates (subject to hydrolysis) is 1. The van der Waals surface area contributed by atoms with E-state index in [-0.39, 0.29) is 19.6 Å². The highest BCUT2D eigenvalue weighted by molar-refractivity contribution is 5.67. The van der Waals surface area contributed by atoms with E-state index < -0.39 is 18.2 Å². The molecule has 2 aromatic carbocycles. The van der Waals surface area contributed by atoms with E-state index in [4.69, 9.17) is 19.1 Å². The largest absolute Gasteiger partial charge is 0.497 e. The monoisotopic (exact) mass is 475 g/mol. The number of amides is 2. The van der Waals surface area contributed by atoms with Crippen LogP contribution >= 0.6 is 0 Å². The molecule has 0 radical (unpaired) electrons. The number of nitrogens with two attached hydrogens (primary N) is 1. The Hall–Kier alpha value is -3.30. The zero-order valence-electron chi connectivity index (χ0n) is 20.2. The van der Waals surface area contributed by atoms with E-state index in [2.05, 4.69) is 18.0 Å². The van der Waals surface area contributed by atoms with Crippen molar-refractivity contribution in [2.75, 3.05) is 26.8 Å². The number of primary amides is 1. The topological polar surface area (TPSA) is 123 Å². The molecule has 34 heavy (non-hydrogen) atoms. The first kappa shape index (κ1) is 28.7. The minimum absolute atomic E-state index is 0.232. The van der Waals surface area contributed by atoms with Gasteiger partial charge in [-0.2, -0.15) is 0 Å². The molecule has 188 valence electrons. The Bertz CT molecular complexity index is 804. The minimum atomic E-state index is -0.861. The van der Waals surface area contributed by atoms with Crippen molar-refractivity contribution in [1.82, 2.24) is 10.4 Å². The second-order valence-electron chi connectivity index (χ2n) is 7.37. The van der Waals surface area contributed by atoms with Crippen LogP contribution in [0.5, 0.6) is 11.5 Å². The van der Waals surface area contributed by atoms with E-state index in [0.717, 1.165) is 24.2 Å². The van der Waals surface area contributed by atoms with Crippen molar-refractivity contribution in [2.24, 2.45) is 5.73 Å². The number of hydrogen-bond donors (Lipinski definition) is 3. The number of methoxy groups -OCH3 is 1. The summed E-state index contributed by atoms with van der Waals surface area (Å²) in [5, 5.41) is 15.5. The number of hydrogen-bond acceptors (Lipinski definition) is 7. The molecule has 2 rings (SSSR count). The molecular weight excluding hydrogens is 438 g/mol. The number of aliphatic hydroxyl groups is 1. The number of aliphatic hydroxyl groups excluding tert-OH is 1. The molecule has 0 heterocycles. The second-order valence-corrected chi connectivity index (χ2v) is 7.37. The summed E-state index contributed by atoms with van der Waals surface area (Å²) in [6.45, 7) is 5.00. The quantitative estimate of drug-likeness (QED) is 0.301. The van der Waals surface area contributed by atoms with Crippen molar-refractivity contribution in [3.05, 3.63) is 60.2 Å². The van der Waals surface area contributed by atoms with Crippen LogP contribution < -0.4 is 20.6 Å². The first-order chi connectivity index (χ1) is 16.5. The fourth-order valence-electron chi connectivity index (χ4n) is 3.11. The third-order valence-electron chi connectivity index (χ3n) is 4.79. The number of benzene rings is 2. The summed E-state index contributed by atoms with van der Waals surface area (Å²) in [4.78, 5) is 26.7. The molecular formula is C25H37N3O6. The van der Waals surface area contributed by atoms with E-state index in [9.17, 15) is 9.90 Å². The highest BCUT2D eigenvalue weighted by Gasteiger charge is 2.25. The average molecular weight is 476 g/mol. The molecule has 9 heteroatoms. The highest BCUT2D eigenvalue weighted by Crippen LogP contribution is 2.19. The summed E-state index contributed by atoms with van der Waals surface area (Å²) in [6.07, 6.45) is 1.23. The van der Waals surface area contributed by atoms with Gasteiger partial charge in [-0.3, -0.25) is 4.79 Å². The summed E-state index contributed by atoms with van der Waals surface area (Å²) in [6, 6.07) is 16.5. The number of carbonyl (C=O) groups is 2. The second kappa shape index (κ2) is 17.2. The van der Waals surface area contributed by atoms with Gasteiger partial charge in [0.25, 0.3) is 0 Å². The Morgan fingerprint density at radius 1 is 1.12 bits per heavy atom. The fraction of sp³-hybridized carbons (Fsp3) is 0.440. The maximum absolute atomic E-state index is 12.1. The molecule has 0 aliphatic carbocycles. The van der Waals surface area contributed by atoms with E-state index in [0.29, 0.717) is 18.7 Å². The number of carbonyl (C=O) groups excluding carboxylic acids is 2. The van der Waals surface area contributed by atoms with Gasteiger partial charge in [0.05, 0.1) is 32.4 Å². The van der Waals surface area contributed by atoms with E-state index in [1.165, 1.54) is 0 Å². The number of unbranched alkanes of at least 4 members (excludes halogenated alkanes) is 1. The van der Waals surface area contributed by atoms with E-state index in [1.807, 2.05) is 54.6 Å². The average Bonchev–Trinajstić information content (AvgIpc) is 2.84. The molecule has 0 saturated carbocycles. The Kier molecular flexibility index (Phi) is 14.5. The molecule has 2 aromatic rings. The molecule has 2 amide bonds. The third-order valence-corrected chi connectivity index (χ3v) is 4.79. The summed E-state index contributed by atoms with van der Waals surface area (Å²) in [5.74, 6) is 1.40. The molecule has 9 nitrogen and oxygen atoms in total. The number of nitrogens with one attached hydrogen (secondary N) is 1. The standard InChI is InChI=1S/C24H34N2O5.CH3NO/c1-4-6-16-26(31-21-14-12-20(29-3)13-15-21)18-23(27)22(25-24(28)30-5-2)17-19-10-8-7-9-11-19;2-1-3/h7-15,22-23,27H,4-6,16-18H2,1-3H3,(H,25,28);1H,(H2,2,3). The molecule has 0 saturated heterocycles. The van der Waals surface area contributed by atoms with Crippen molar-refractivity contribution >= 4 is 12.5 Å². The molecule has 2 unspecified atom stereocenters. The van der Waals surface area contributed by atoms with Gasteiger partial charge in [-0.05, 0) is 49.6 Å². The van der Waals surface area contributed by atoms with Crippen LogP contribution in [0, 0.1) is 0 Å². The summed E-state index contributed by atoms with van der Waals surface area (Å²) < 4.78 is 10.2. The van der Waals surface area contributed by atoms with Crippen LogP contribution in [0.25, 0.3) is 0 Å². The molecule has 4 N–H and O–H groups in total. The van der Waals surface area contributed by atoms with Crippen LogP contribution in [0.1, 0.15) is 32.3 Å². The Morgan fingerprint density at radius 2 is 1.74 bits per heavy atom. The maximum atomic E-state index is 12.1. The number of nitrogens with zero attached hydrogens (tertiary/aromatic N) is 1. The third kappa shape index (κ3) is 11.5. The maximum Gasteiger partial charge on any atom is 0.407 e. The van der Waals surface area contributed by atoms with E-state index >= 15 is 0 Å². The number of hydroxylamine groups is 2. The van der Waals surface area contributed by atoms with Gasteiger partial charge in [0.15, 0.2) is 0 Å². The predicted octanol–water partition coefficient (Wildman–Crippen LogP) is 2.91. The van der Waals surface area contributed by atoms with Gasteiger partial charge >= 0.3 is 6.09 Å². The Labute approximate surface area is 201 Å². The lowest BCUT2D eigenvalue weighted by atomic mass is 10.0. The summed E-state index contributed by atoms with van der Waals surface area (Å²) in [5.41, 5.74) is 5.18. The van der Waals surface area contributed by atoms with Crippen LogP contribution in [0.3, 0.4) is 0 Å². The predicted molar refractivity (Wildman–Crippen MR) is 130 cm³/mol. The smallest absolute Gasteiger partial charge is 0.407 e. The zero-order valence-corrected chi connectivity index (χ0v) is 20.2. The minimum Gasteiger partial charge on any atom is -0.497 e. The summed E-state index contributed by atoms with van der Waals surface area (Å²) >= 11 is 0. The Morgan fingerprint density at radius 3 is 2.29 bits per heavy atom. The molecule has 0 aromatic heterocycles. The summed E-state index contributed by atoms with van der Waals surface area (Å²) in [7, 11) is 1.61. The van der Waals surface area contributed by atoms with Crippen LogP contribution in [0.4, 0.5) is 4.79 Å². The first-order valence-electron chi connectivity index (χ1n) is 11.3. The van der Waals surface area contributed by atoms with Gasteiger partial charge in [0.1, 0.15) is 11.5 Å². The molecule has 0 aliphatic rings. The van der Waals surface area contributed by atoms with Gasteiger partial charge in [0.2, 0.25) is 6.41 Å². The fourth-order valence-corrected chi connectivity index (χ4v) is 3.11. The number of rotatable bonds is 13. The lowest BCUT2D eigenvalue weighted by Crippen LogP contribution is -2.50. The van der Waals surface area contributed by atoms with Crippen molar-refractivity contribution in [1.29, 1.82) is 0 Å². The SMILES string of the molecule is CCCCN(CC(O)C(Cc1ccccc1)NC(=O)OCC)Oc1ccc(OC)cc1.NC=O. The van der Waals surface area contributed by atoms with E-state index in [1.54, 1.807) is 19.1 Å². The highest BCUT2D eigenvalue weighted by atomic mass is 16.7. The Balaban J connectivity index is 0.00000182. The van der Waals surface area contributed by atoms with Gasteiger partial charge in [0, 0.05) is 6.54 Å². The lowest BCUT2D eigenvalue weighted by molar-refractivity contribution is -0.106. The van der Waals surface area contributed by atoms with Gasteiger partial charge < -0.3 is 30.5 Å². The molecule has 2 atom stereocenters. The zero-order chi connectivity index (χ0) is 25.2. The van der Waals surface area contributed by atoms with Crippen LogP contribution in [-0.2, 0) is 16.0 Å². The van der Waals surface area contributed by atoms with Crippen molar-refractivity contribution in [3.63, 3.8) is 0 Å². The van der Waals surface area contributed by atoms with Crippen molar-refractivity contribution < 1.29 is 29.0 Å². The molecule has 0 fully saturated rings.